The number of imidazole rings is 1. The van der Waals surface area contributed by atoms with Crippen LogP contribution < -0.4 is 5.73 Å². The Morgan fingerprint density at radius 2 is 2.20 bits per heavy atom. The molecule has 0 amide bonds. The molecule has 0 unspecified atom stereocenters. The fourth-order valence-corrected chi connectivity index (χ4v) is 1.40. The molecule has 0 saturated heterocycles. The molecular weight excluding hydrogens is 188 g/mol. The average Bonchev–Trinajstić information content (AvgIpc) is 2.88. The molecule has 15 heavy (non-hydrogen) atoms. The maximum Gasteiger partial charge on any atom is 0.113 e. The lowest BCUT2D eigenvalue weighted by Gasteiger charge is -2.18. The summed E-state index contributed by atoms with van der Waals surface area (Å²) in [6, 6.07) is 3.97. The van der Waals surface area contributed by atoms with Crippen molar-refractivity contribution in [2.45, 2.75) is 19.3 Å². The molecule has 2 aromatic heterocycles. The quantitative estimate of drug-likeness (QED) is 0.711. The SMILES string of the molecule is CC(C)(CN)c1ncc(-c2ccc[nH]2)[nH]1. The second-order valence-electron chi connectivity index (χ2n) is 4.32. The Bertz CT molecular complexity index is 425. The molecule has 0 aliphatic rings. The van der Waals surface area contributed by atoms with E-state index in [2.05, 4.69) is 28.8 Å². The molecule has 0 aromatic carbocycles. The Labute approximate surface area is 88.9 Å². The van der Waals surface area contributed by atoms with Crippen molar-refractivity contribution < 1.29 is 0 Å². The molecule has 2 rings (SSSR count). The summed E-state index contributed by atoms with van der Waals surface area (Å²) in [5.74, 6) is 0.926. The van der Waals surface area contributed by atoms with Crippen LogP contribution in [0.15, 0.2) is 24.5 Å². The molecule has 0 aliphatic carbocycles. The number of aromatic nitrogens is 3. The van der Waals surface area contributed by atoms with Gasteiger partial charge in [0.15, 0.2) is 0 Å². The number of aromatic amines is 2. The lowest BCUT2D eigenvalue weighted by molar-refractivity contribution is 0.508. The molecule has 0 aliphatic heterocycles. The van der Waals surface area contributed by atoms with Gasteiger partial charge in [-0.05, 0) is 12.1 Å². The molecule has 0 fully saturated rings. The molecule has 2 heterocycles. The highest BCUT2D eigenvalue weighted by Crippen LogP contribution is 2.22. The van der Waals surface area contributed by atoms with Gasteiger partial charge in [0.05, 0.1) is 17.6 Å². The first kappa shape index (κ1) is 9.98. The molecule has 0 bridgehead atoms. The van der Waals surface area contributed by atoms with Crippen LogP contribution in [0.3, 0.4) is 0 Å². The van der Waals surface area contributed by atoms with Gasteiger partial charge < -0.3 is 15.7 Å². The summed E-state index contributed by atoms with van der Waals surface area (Å²) < 4.78 is 0. The van der Waals surface area contributed by atoms with E-state index in [4.69, 9.17) is 5.73 Å². The Balaban J connectivity index is 2.33. The van der Waals surface area contributed by atoms with Crippen LogP contribution in [0.25, 0.3) is 11.4 Å². The average molecular weight is 204 g/mol. The topological polar surface area (TPSA) is 70.5 Å². The number of hydrogen-bond donors (Lipinski definition) is 3. The standard InChI is InChI=1S/C11H16N4/c1-11(2,7-12)10-14-6-9(15-10)8-4-3-5-13-8/h3-6,13H,7,12H2,1-2H3,(H,14,15). The van der Waals surface area contributed by atoms with Gasteiger partial charge in [0.1, 0.15) is 5.82 Å². The van der Waals surface area contributed by atoms with Crippen LogP contribution in [0.2, 0.25) is 0 Å². The van der Waals surface area contributed by atoms with Crippen molar-refractivity contribution in [2.75, 3.05) is 6.54 Å². The zero-order chi connectivity index (χ0) is 10.9. The van der Waals surface area contributed by atoms with Crippen molar-refractivity contribution in [3.8, 4) is 11.4 Å². The minimum atomic E-state index is -0.106. The smallest absolute Gasteiger partial charge is 0.113 e. The van der Waals surface area contributed by atoms with Gasteiger partial charge >= 0.3 is 0 Å². The zero-order valence-corrected chi connectivity index (χ0v) is 9.04. The highest BCUT2D eigenvalue weighted by molar-refractivity contribution is 5.53. The van der Waals surface area contributed by atoms with E-state index in [-0.39, 0.29) is 5.41 Å². The molecule has 4 N–H and O–H groups in total. The maximum absolute atomic E-state index is 5.70. The number of H-pyrrole nitrogens is 2. The second-order valence-corrected chi connectivity index (χ2v) is 4.32. The molecule has 0 radical (unpaired) electrons. The van der Waals surface area contributed by atoms with Crippen molar-refractivity contribution >= 4 is 0 Å². The molecular formula is C11H16N4. The van der Waals surface area contributed by atoms with E-state index in [9.17, 15) is 0 Å². The van der Waals surface area contributed by atoms with E-state index < -0.39 is 0 Å². The first-order valence-corrected chi connectivity index (χ1v) is 5.03. The Hall–Kier alpha value is -1.55. The Kier molecular flexibility index (Phi) is 2.36. The predicted molar refractivity (Wildman–Crippen MR) is 60.5 cm³/mol. The van der Waals surface area contributed by atoms with Gasteiger partial charge in [-0.25, -0.2) is 4.98 Å². The summed E-state index contributed by atoms with van der Waals surface area (Å²) in [5, 5.41) is 0. The van der Waals surface area contributed by atoms with Crippen LogP contribution in [-0.2, 0) is 5.41 Å². The molecule has 0 atom stereocenters. The monoisotopic (exact) mass is 204 g/mol. The van der Waals surface area contributed by atoms with Crippen molar-refractivity contribution in [1.82, 2.24) is 15.0 Å². The third kappa shape index (κ3) is 1.80. The van der Waals surface area contributed by atoms with Crippen LogP contribution in [0.4, 0.5) is 0 Å². The fraction of sp³-hybridized carbons (Fsp3) is 0.364. The summed E-state index contributed by atoms with van der Waals surface area (Å²) in [4.78, 5) is 10.8. The van der Waals surface area contributed by atoms with Crippen LogP contribution >= 0.6 is 0 Å². The minimum absolute atomic E-state index is 0.106. The molecule has 4 heteroatoms. The Morgan fingerprint density at radius 1 is 1.40 bits per heavy atom. The summed E-state index contributed by atoms with van der Waals surface area (Å²) in [5.41, 5.74) is 7.63. The minimum Gasteiger partial charge on any atom is -0.360 e. The van der Waals surface area contributed by atoms with Crippen LogP contribution in [0, 0.1) is 0 Å². The van der Waals surface area contributed by atoms with E-state index in [1.54, 1.807) is 0 Å². The van der Waals surface area contributed by atoms with E-state index in [0.29, 0.717) is 6.54 Å². The van der Waals surface area contributed by atoms with Gasteiger partial charge in [-0.3, -0.25) is 0 Å². The lowest BCUT2D eigenvalue weighted by Crippen LogP contribution is -2.29. The van der Waals surface area contributed by atoms with Gasteiger partial charge in [0.25, 0.3) is 0 Å². The highest BCUT2D eigenvalue weighted by atomic mass is 15.0. The van der Waals surface area contributed by atoms with Gasteiger partial charge in [0, 0.05) is 18.2 Å². The van der Waals surface area contributed by atoms with Crippen LogP contribution in [0.5, 0.6) is 0 Å². The number of nitrogens with zero attached hydrogens (tertiary/aromatic N) is 1. The number of nitrogens with one attached hydrogen (secondary N) is 2. The van der Waals surface area contributed by atoms with E-state index in [0.717, 1.165) is 17.2 Å². The first-order valence-electron chi connectivity index (χ1n) is 5.03. The molecule has 4 nitrogen and oxygen atoms in total. The summed E-state index contributed by atoms with van der Waals surface area (Å²) >= 11 is 0. The highest BCUT2D eigenvalue weighted by Gasteiger charge is 2.22. The molecule has 80 valence electrons. The third-order valence-corrected chi connectivity index (χ3v) is 2.62. The second kappa shape index (κ2) is 3.55. The number of nitrogens with two attached hydrogens (primary N) is 1. The lowest BCUT2D eigenvalue weighted by atomic mass is 9.93. The summed E-state index contributed by atoms with van der Waals surface area (Å²) in [6.45, 7) is 4.72. The van der Waals surface area contributed by atoms with Gasteiger partial charge in [-0.2, -0.15) is 0 Å². The molecule has 0 saturated carbocycles. The fourth-order valence-electron chi connectivity index (χ4n) is 1.40. The number of hydrogen-bond acceptors (Lipinski definition) is 2. The first-order chi connectivity index (χ1) is 7.13. The van der Waals surface area contributed by atoms with E-state index in [1.165, 1.54) is 0 Å². The molecule has 2 aromatic rings. The third-order valence-electron chi connectivity index (χ3n) is 2.62. The normalized spacial score (nSPS) is 11.9. The summed E-state index contributed by atoms with van der Waals surface area (Å²) in [6.07, 6.45) is 3.72. The largest absolute Gasteiger partial charge is 0.360 e. The van der Waals surface area contributed by atoms with E-state index >= 15 is 0 Å². The zero-order valence-electron chi connectivity index (χ0n) is 9.04. The maximum atomic E-state index is 5.70. The Morgan fingerprint density at radius 3 is 2.80 bits per heavy atom. The number of rotatable bonds is 3. The van der Waals surface area contributed by atoms with Crippen molar-refractivity contribution in [1.29, 1.82) is 0 Å². The van der Waals surface area contributed by atoms with Crippen LogP contribution in [-0.4, -0.2) is 21.5 Å². The van der Waals surface area contributed by atoms with Crippen molar-refractivity contribution in [3.05, 3.63) is 30.4 Å². The van der Waals surface area contributed by atoms with E-state index in [1.807, 2.05) is 24.5 Å². The predicted octanol–water partition coefficient (Wildman–Crippen LogP) is 1.64. The van der Waals surface area contributed by atoms with Gasteiger partial charge in [-0.15, -0.1) is 0 Å². The van der Waals surface area contributed by atoms with Crippen LogP contribution in [0.1, 0.15) is 19.7 Å². The molecule has 0 spiro atoms. The van der Waals surface area contributed by atoms with Crippen molar-refractivity contribution in [3.63, 3.8) is 0 Å². The summed E-state index contributed by atoms with van der Waals surface area (Å²) in [7, 11) is 0. The van der Waals surface area contributed by atoms with Gasteiger partial charge in [-0.1, -0.05) is 13.8 Å². The van der Waals surface area contributed by atoms with Gasteiger partial charge in [0.2, 0.25) is 0 Å². The van der Waals surface area contributed by atoms with Crippen molar-refractivity contribution in [2.24, 2.45) is 5.73 Å².